The van der Waals surface area contributed by atoms with E-state index in [1.54, 1.807) is 0 Å². The first kappa shape index (κ1) is 3.02. The number of hydrogen-bond donors (Lipinski definition) is 2. The Kier molecular flexibility index (Phi) is 1.75. The van der Waals surface area contributed by atoms with Crippen molar-refractivity contribution in [1.29, 1.82) is 0 Å². The Morgan fingerprint density at radius 2 is 2.71 bits per heavy atom. The summed E-state index contributed by atoms with van der Waals surface area (Å²) in [6, 6.07) is 0. The largest absolute Gasteiger partial charge is 0.394 e. The van der Waals surface area contributed by atoms with E-state index in [2.05, 4.69) is 4.74 Å². The molecule has 0 amide bonds. The summed E-state index contributed by atoms with van der Waals surface area (Å²) in [6.45, 7) is -0.858. The lowest BCUT2D eigenvalue weighted by Gasteiger charge is -2.01. The SMILES string of the molecule is [2H]C([2H])([2H])OC[C@@H](O)CO. The predicted molar refractivity (Wildman–Crippen MR) is 25.0 cm³/mol. The van der Waals surface area contributed by atoms with Crippen LogP contribution in [0, 0.1) is 0 Å². The second kappa shape index (κ2) is 4.05. The van der Waals surface area contributed by atoms with Crippen molar-refractivity contribution in [3.8, 4) is 0 Å². The number of aliphatic hydroxyl groups is 2. The van der Waals surface area contributed by atoms with Gasteiger partial charge >= 0.3 is 0 Å². The summed E-state index contributed by atoms with van der Waals surface area (Å²) >= 11 is 0. The normalized spacial score (nSPS) is 22.3. The van der Waals surface area contributed by atoms with E-state index < -0.39 is 19.7 Å². The number of rotatable bonds is 3. The maximum absolute atomic E-state index is 8.60. The smallest absolute Gasteiger partial charge is 0.100 e. The summed E-state index contributed by atoms with van der Waals surface area (Å²) in [5.41, 5.74) is 0. The number of aliphatic hydroxyl groups excluding tert-OH is 2. The lowest BCUT2D eigenvalue weighted by Crippen LogP contribution is -2.17. The van der Waals surface area contributed by atoms with Gasteiger partial charge in [-0.1, -0.05) is 0 Å². The van der Waals surface area contributed by atoms with Crippen molar-refractivity contribution in [3.63, 3.8) is 0 Å². The molecule has 7 heavy (non-hydrogen) atoms. The monoisotopic (exact) mass is 109 g/mol. The summed E-state index contributed by atoms with van der Waals surface area (Å²) in [7, 11) is -2.49. The molecule has 0 aliphatic carbocycles. The van der Waals surface area contributed by atoms with Crippen LogP contribution < -0.4 is 0 Å². The quantitative estimate of drug-likeness (QED) is 0.488. The fourth-order valence-corrected chi connectivity index (χ4v) is 0.149. The Morgan fingerprint density at radius 3 is 3.14 bits per heavy atom. The molecule has 0 aromatic carbocycles. The molecule has 0 saturated heterocycles. The van der Waals surface area contributed by atoms with Crippen LogP contribution in [0.25, 0.3) is 0 Å². The van der Waals surface area contributed by atoms with E-state index in [-0.39, 0.29) is 6.61 Å². The summed E-state index contributed by atoms with van der Waals surface area (Å²) in [4.78, 5) is 0. The van der Waals surface area contributed by atoms with Gasteiger partial charge in [-0.3, -0.25) is 0 Å². The molecule has 0 aromatic rings. The molecule has 0 aliphatic heterocycles. The van der Waals surface area contributed by atoms with E-state index in [9.17, 15) is 0 Å². The van der Waals surface area contributed by atoms with Gasteiger partial charge in [0.05, 0.1) is 17.3 Å². The van der Waals surface area contributed by atoms with Crippen molar-refractivity contribution in [1.82, 2.24) is 0 Å². The number of ether oxygens (including phenoxy) is 1. The molecule has 0 saturated carbocycles. The average Bonchev–Trinajstić information content (AvgIpc) is 1.81. The van der Waals surface area contributed by atoms with E-state index in [1.807, 2.05) is 0 Å². The zero-order valence-corrected chi connectivity index (χ0v) is 3.79. The van der Waals surface area contributed by atoms with Gasteiger partial charge in [-0.25, -0.2) is 0 Å². The van der Waals surface area contributed by atoms with Crippen LogP contribution in [0.5, 0.6) is 0 Å². The third-order valence-corrected chi connectivity index (χ3v) is 0.486. The molecule has 3 nitrogen and oxygen atoms in total. The Balaban J connectivity index is 3.36. The zero-order valence-electron chi connectivity index (χ0n) is 6.79. The molecule has 0 unspecified atom stereocenters. The lowest BCUT2D eigenvalue weighted by atomic mass is 10.4. The van der Waals surface area contributed by atoms with Crippen molar-refractivity contribution in [2.24, 2.45) is 0 Å². The van der Waals surface area contributed by atoms with Crippen molar-refractivity contribution in [2.45, 2.75) is 6.10 Å². The van der Waals surface area contributed by atoms with Crippen molar-refractivity contribution >= 4 is 0 Å². The van der Waals surface area contributed by atoms with Crippen molar-refractivity contribution in [2.75, 3.05) is 20.3 Å². The van der Waals surface area contributed by atoms with Crippen LogP contribution in [-0.2, 0) is 4.74 Å². The standard InChI is InChI=1S/C4H10O3/c1-7-3-4(6)2-5/h4-6H,2-3H2,1H3/t4-/m0/s1/i1D3. The van der Waals surface area contributed by atoms with E-state index in [0.717, 1.165) is 0 Å². The van der Waals surface area contributed by atoms with E-state index in [0.29, 0.717) is 0 Å². The molecule has 0 aromatic heterocycles. The van der Waals surface area contributed by atoms with Crippen LogP contribution in [0.2, 0.25) is 0 Å². The van der Waals surface area contributed by atoms with Gasteiger partial charge in [0.25, 0.3) is 0 Å². The fourth-order valence-electron chi connectivity index (χ4n) is 0.149. The fraction of sp³-hybridized carbons (Fsp3) is 1.00. The van der Waals surface area contributed by atoms with Crippen LogP contribution in [-0.4, -0.2) is 36.6 Å². The Labute approximate surface area is 46.8 Å². The van der Waals surface area contributed by atoms with Gasteiger partial charge < -0.3 is 14.9 Å². The highest BCUT2D eigenvalue weighted by molar-refractivity contribution is 4.46. The summed E-state index contributed by atoms with van der Waals surface area (Å²) in [5, 5.41) is 16.8. The highest BCUT2D eigenvalue weighted by atomic mass is 16.5. The van der Waals surface area contributed by atoms with E-state index in [4.69, 9.17) is 14.3 Å². The minimum atomic E-state index is -2.49. The van der Waals surface area contributed by atoms with Crippen molar-refractivity contribution in [3.05, 3.63) is 0 Å². The highest BCUT2D eigenvalue weighted by Gasteiger charge is 1.96. The predicted octanol–water partition coefficient (Wildman–Crippen LogP) is -1.01. The van der Waals surface area contributed by atoms with Gasteiger partial charge in [0.2, 0.25) is 0 Å². The van der Waals surface area contributed by atoms with Gasteiger partial charge in [0.1, 0.15) is 6.10 Å². The maximum atomic E-state index is 8.60. The minimum Gasteiger partial charge on any atom is -0.394 e. The number of hydrogen-bond acceptors (Lipinski definition) is 3. The molecule has 0 fully saturated rings. The summed E-state index contributed by atoms with van der Waals surface area (Å²) in [6.07, 6.45) is -1.11. The van der Waals surface area contributed by atoms with Gasteiger partial charge in [-0.2, -0.15) is 0 Å². The van der Waals surface area contributed by atoms with Crippen LogP contribution in [0.1, 0.15) is 4.11 Å². The van der Waals surface area contributed by atoms with Gasteiger partial charge in [-0.05, 0) is 0 Å². The van der Waals surface area contributed by atoms with Crippen LogP contribution in [0.15, 0.2) is 0 Å². The second-order valence-corrected chi connectivity index (χ2v) is 1.15. The molecular weight excluding hydrogens is 96.0 g/mol. The maximum Gasteiger partial charge on any atom is 0.100 e. The Bertz CT molecular complexity index is 92.2. The topological polar surface area (TPSA) is 49.7 Å². The van der Waals surface area contributed by atoms with Gasteiger partial charge in [0.15, 0.2) is 0 Å². The molecule has 44 valence electrons. The Hall–Kier alpha value is -0.120. The highest BCUT2D eigenvalue weighted by Crippen LogP contribution is 1.77. The van der Waals surface area contributed by atoms with Crippen LogP contribution in [0.4, 0.5) is 0 Å². The molecule has 0 aliphatic rings. The molecule has 0 bridgehead atoms. The first-order valence-electron chi connectivity index (χ1n) is 3.38. The molecular formula is C4H10O3. The van der Waals surface area contributed by atoms with Crippen LogP contribution in [0.3, 0.4) is 0 Å². The lowest BCUT2D eigenvalue weighted by molar-refractivity contribution is 0.0254. The molecule has 0 spiro atoms. The number of methoxy groups -OCH3 is 1. The molecule has 0 heterocycles. The minimum absolute atomic E-state index is 0.368. The molecule has 1 atom stereocenters. The van der Waals surface area contributed by atoms with Crippen LogP contribution >= 0.6 is 0 Å². The molecule has 0 radical (unpaired) electrons. The second-order valence-electron chi connectivity index (χ2n) is 1.15. The third kappa shape index (κ3) is 3.72. The first-order valence-corrected chi connectivity index (χ1v) is 1.88. The molecule has 3 heteroatoms. The van der Waals surface area contributed by atoms with Crippen molar-refractivity contribution < 1.29 is 19.1 Å². The van der Waals surface area contributed by atoms with E-state index in [1.165, 1.54) is 0 Å². The average molecular weight is 109 g/mol. The molecule has 0 rings (SSSR count). The van der Waals surface area contributed by atoms with E-state index >= 15 is 0 Å². The third-order valence-electron chi connectivity index (χ3n) is 0.486. The molecule has 2 N–H and O–H groups in total. The zero-order chi connectivity index (χ0) is 8.20. The Morgan fingerprint density at radius 1 is 2.00 bits per heavy atom. The summed E-state index contributed by atoms with van der Waals surface area (Å²) in [5.74, 6) is 0. The van der Waals surface area contributed by atoms with Gasteiger partial charge in [0, 0.05) is 7.04 Å². The summed E-state index contributed by atoms with van der Waals surface area (Å²) < 4.78 is 23.7. The first-order chi connectivity index (χ1) is 4.45. The van der Waals surface area contributed by atoms with Gasteiger partial charge in [-0.15, -0.1) is 0 Å².